The van der Waals surface area contributed by atoms with Crippen molar-refractivity contribution in [1.82, 2.24) is 5.32 Å². The Labute approximate surface area is 127 Å². The number of carbonyl (C=O) groups is 2. The third-order valence-electron chi connectivity index (χ3n) is 2.44. The number of nitriles is 1. The summed E-state index contributed by atoms with van der Waals surface area (Å²) < 4.78 is 5.46. The lowest BCUT2D eigenvalue weighted by molar-refractivity contribution is -0.140. The van der Waals surface area contributed by atoms with Gasteiger partial charge in [0.2, 0.25) is 5.91 Å². The first kappa shape index (κ1) is 16.9. The Morgan fingerprint density at radius 3 is 2.62 bits per heavy atom. The molecule has 6 nitrogen and oxygen atoms in total. The molecule has 1 atom stereocenters. The number of hydrogen-bond donors (Lipinski definition) is 2. The van der Waals surface area contributed by atoms with E-state index in [4.69, 9.17) is 15.1 Å². The normalized spacial score (nSPS) is 11.2. The van der Waals surface area contributed by atoms with Crippen LogP contribution in [0.2, 0.25) is 0 Å². The summed E-state index contributed by atoms with van der Waals surface area (Å²) in [6.45, 7) is 1.71. The van der Waals surface area contributed by atoms with Crippen LogP contribution in [0.4, 0.5) is 0 Å². The van der Waals surface area contributed by atoms with Gasteiger partial charge in [-0.15, -0.1) is 0 Å². The molecule has 7 heteroatoms. The largest absolute Gasteiger partial charge is 0.493 e. The Hall–Kier alpha value is -2.20. The van der Waals surface area contributed by atoms with E-state index in [2.05, 4.69) is 5.32 Å². The second-order valence-corrected chi connectivity index (χ2v) is 5.30. The molecule has 0 saturated heterocycles. The minimum absolute atomic E-state index is 0.283. The molecule has 112 valence electrons. The van der Waals surface area contributed by atoms with Crippen molar-refractivity contribution in [3.8, 4) is 11.8 Å². The summed E-state index contributed by atoms with van der Waals surface area (Å²) in [5.41, 5.74) is 0.566. The molecule has 0 aliphatic carbocycles. The highest BCUT2D eigenvalue weighted by molar-refractivity contribution is 7.99. The number of aliphatic carboxylic acids is 1. The lowest BCUT2D eigenvalue weighted by atomic mass is 10.2. The minimum Gasteiger partial charge on any atom is -0.493 e. The topological polar surface area (TPSA) is 99.4 Å². The number of hydrogen-bond acceptors (Lipinski definition) is 5. The molecule has 0 radical (unpaired) electrons. The fourth-order valence-corrected chi connectivity index (χ4v) is 2.29. The summed E-state index contributed by atoms with van der Waals surface area (Å²) in [6, 6.07) is 7.88. The van der Waals surface area contributed by atoms with Gasteiger partial charge in [-0.05, 0) is 24.3 Å². The summed E-state index contributed by atoms with van der Waals surface area (Å²) in [5, 5.41) is 20.0. The van der Waals surface area contributed by atoms with Crippen molar-refractivity contribution in [2.75, 3.05) is 18.1 Å². The summed E-state index contributed by atoms with van der Waals surface area (Å²) in [6.07, 6.45) is 0. The van der Waals surface area contributed by atoms with Gasteiger partial charge in [-0.3, -0.25) is 4.79 Å². The molecule has 0 spiro atoms. The van der Waals surface area contributed by atoms with Crippen molar-refractivity contribution >= 4 is 23.6 Å². The predicted octanol–water partition coefficient (Wildman–Crippen LogP) is 1.26. The van der Waals surface area contributed by atoms with Gasteiger partial charge in [0.1, 0.15) is 11.8 Å². The molecule has 1 amide bonds. The van der Waals surface area contributed by atoms with Gasteiger partial charge in [0.05, 0.1) is 18.2 Å². The number of rotatable bonds is 8. The Balaban J connectivity index is 2.25. The molecule has 0 fully saturated rings. The van der Waals surface area contributed by atoms with E-state index in [0.29, 0.717) is 23.7 Å². The van der Waals surface area contributed by atoms with E-state index < -0.39 is 12.0 Å². The fourth-order valence-electron chi connectivity index (χ4n) is 1.47. The maximum Gasteiger partial charge on any atom is 0.327 e. The van der Waals surface area contributed by atoms with Gasteiger partial charge in [0.25, 0.3) is 0 Å². The van der Waals surface area contributed by atoms with E-state index in [1.807, 2.05) is 6.07 Å². The van der Waals surface area contributed by atoms with Crippen molar-refractivity contribution in [2.45, 2.75) is 13.0 Å². The summed E-state index contributed by atoms with van der Waals surface area (Å²) in [4.78, 5) is 21.7. The second kappa shape index (κ2) is 8.87. The zero-order valence-electron chi connectivity index (χ0n) is 11.5. The highest BCUT2D eigenvalue weighted by atomic mass is 32.2. The molecule has 21 heavy (non-hydrogen) atoms. The highest BCUT2D eigenvalue weighted by Gasteiger charge is 2.17. The molecule has 0 saturated carbocycles. The number of nitrogens with one attached hydrogen (secondary N) is 1. The van der Waals surface area contributed by atoms with E-state index >= 15 is 0 Å². The molecule has 0 aliphatic rings. The molecule has 2 N–H and O–H groups in total. The van der Waals surface area contributed by atoms with Crippen LogP contribution < -0.4 is 10.1 Å². The second-order valence-electron chi connectivity index (χ2n) is 4.15. The molecule has 1 aromatic rings. The molecule has 1 aromatic carbocycles. The zero-order valence-corrected chi connectivity index (χ0v) is 12.4. The van der Waals surface area contributed by atoms with Gasteiger partial charge < -0.3 is 15.2 Å². The van der Waals surface area contributed by atoms with Crippen molar-refractivity contribution in [3.63, 3.8) is 0 Å². The van der Waals surface area contributed by atoms with E-state index in [0.717, 1.165) is 0 Å². The van der Waals surface area contributed by atoms with Crippen molar-refractivity contribution in [2.24, 2.45) is 0 Å². The molecule has 0 unspecified atom stereocenters. The Morgan fingerprint density at radius 1 is 1.43 bits per heavy atom. The molecule has 0 bridgehead atoms. The monoisotopic (exact) mass is 308 g/mol. The average molecular weight is 308 g/mol. The van der Waals surface area contributed by atoms with Crippen molar-refractivity contribution in [3.05, 3.63) is 29.8 Å². The summed E-state index contributed by atoms with van der Waals surface area (Å²) in [5.74, 6) is 0.128. The van der Waals surface area contributed by atoms with Crippen molar-refractivity contribution in [1.29, 1.82) is 5.26 Å². The van der Waals surface area contributed by atoms with Crippen LogP contribution >= 0.6 is 11.8 Å². The summed E-state index contributed by atoms with van der Waals surface area (Å²) in [7, 11) is 0. The van der Waals surface area contributed by atoms with E-state index in [1.165, 1.54) is 18.7 Å². The van der Waals surface area contributed by atoms with Crippen LogP contribution in [0.1, 0.15) is 12.5 Å². The van der Waals surface area contributed by atoms with Crippen molar-refractivity contribution < 1.29 is 19.4 Å². The number of nitrogens with zero attached hydrogens (tertiary/aromatic N) is 1. The summed E-state index contributed by atoms with van der Waals surface area (Å²) >= 11 is 1.39. The third kappa shape index (κ3) is 6.68. The number of carboxylic acid groups (broad SMARTS) is 1. The first-order valence-corrected chi connectivity index (χ1v) is 7.39. The number of ether oxygens (including phenoxy) is 1. The van der Waals surface area contributed by atoms with Crippen LogP contribution in [0.5, 0.6) is 5.75 Å². The molecule has 0 aliphatic heterocycles. The molecule has 0 aromatic heterocycles. The van der Waals surface area contributed by atoms with Crippen LogP contribution in [-0.2, 0) is 9.59 Å². The predicted molar refractivity (Wildman–Crippen MR) is 79.2 cm³/mol. The van der Waals surface area contributed by atoms with Gasteiger partial charge in [-0.1, -0.05) is 0 Å². The quantitative estimate of drug-likeness (QED) is 0.701. The lowest BCUT2D eigenvalue weighted by Crippen LogP contribution is -2.41. The van der Waals surface area contributed by atoms with Gasteiger partial charge in [0.15, 0.2) is 0 Å². The Bertz CT molecular complexity index is 525. The average Bonchev–Trinajstić information content (AvgIpc) is 2.45. The number of benzene rings is 1. The standard InChI is InChI=1S/C14H16N2O4S/c1-10(17)16-13(14(18)19)9-21-7-6-20-12-4-2-11(8-15)3-5-12/h2-5,13H,6-7,9H2,1H3,(H,16,17)(H,18,19)/t13-/m0/s1. The smallest absolute Gasteiger partial charge is 0.327 e. The minimum atomic E-state index is -1.05. The third-order valence-corrected chi connectivity index (χ3v) is 3.46. The molecular weight excluding hydrogens is 292 g/mol. The Morgan fingerprint density at radius 2 is 2.10 bits per heavy atom. The zero-order chi connectivity index (χ0) is 15.7. The fraction of sp³-hybridized carbons (Fsp3) is 0.357. The van der Waals surface area contributed by atoms with Gasteiger partial charge in [-0.25, -0.2) is 4.79 Å². The maximum absolute atomic E-state index is 10.9. The highest BCUT2D eigenvalue weighted by Crippen LogP contribution is 2.12. The number of carboxylic acids is 1. The number of amides is 1. The van der Waals surface area contributed by atoms with Crippen LogP contribution in [0, 0.1) is 11.3 Å². The maximum atomic E-state index is 10.9. The van der Waals surface area contributed by atoms with Gasteiger partial charge >= 0.3 is 5.97 Å². The molecule has 0 heterocycles. The van der Waals surface area contributed by atoms with Crippen LogP contribution in [-0.4, -0.2) is 41.1 Å². The van der Waals surface area contributed by atoms with E-state index in [-0.39, 0.29) is 11.7 Å². The van der Waals surface area contributed by atoms with Crippen LogP contribution in [0.25, 0.3) is 0 Å². The van der Waals surface area contributed by atoms with Gasteiger partial charge in [-0.2, -0.15) is 17.0 Å². The number of thioether (sulfide) groups is 1. The number of carbonyl (C=O) groups excluding carboxylic acids is 1. The van der Waals surface area contributed by atoms with Crippen LogP contribution in [0.3, 0.4) is 0 Å². The van der Waals surface area contributed by atoms with Gasteiger partial charge in [0, 0.05) is 18.4 Å². The lowest BCUT2D eigenvalue weighted by Gasteiger charge is -2.12. The first-order chi connectivity index (χ1) is 10.0. The SMILES string of the molecule is CC(=O)N[C@@H](CSCCOc1ccc(C#N)cc1)C(=O)O. The Kier molecular flexibility index (Phi) is 7.12. The molecule has 1 rings (SSSR count). The molecular formula is C14H16N2O4S. The van der Waals surface area contributed by atoms with E-state index in [1.54, 1.807) is 24.3 Å². The first-order valence-electron chi connectivity index (χ1n) is 6.23. The van der Waals surface area contributed by atoms with E-state index in [9.17, 15) is 9.59 Å². The van der Waals surface area contributed by atoms with Crippen LogP contribution in [0.15, 0.2) is 24.3 Å².